The fourth-order valence-electron chi connectivity index (χ4n) is 3.33. The maximum Gasteiger partial charge on any atom is 0.319 e. The summed E-state index contributed by atoms with van der Waals surface area (Å²) in [6, 6.07) is -0.554. The molecule has 0 aromatic heterocycles. The minimum Gasteiger partial charge on any atom is -0.480 e. The summed E-state index contributed by atoms with van der Waals surface area (Å²) in [5, 5.41) is 16.0. The highest BCUT2D eigenvalue weighted by Gasteiger charge is 2.37. The van der Waals surface area contributed by atoms with E-state index < -0.39 is 70.6 Å². The Balaban J connectivity index is 2.73. The Hall–Kier alpha value is -1.86. The SMILES string of the molecule is NS(=O)(=O)c1c(F)c(F)c(S(=O)(=O)CC(=O)O)c(NC2CCCCCCC2)c1F. The summed E-state index contributed by atoms with van der Waals surface area (Å²) in [6.45, 7) is 0. The number of nitrogens with two attached hydrogens (primary N) is 1. The molecule has 0 bridgehead atoms. The second-order valence-electron chi connectivity index (χ2n) is 6.86. The average Bonchev–Trinajstić information content (AvgIpc) is 2.51. The second-order valence-corrected chi connectivity index (χ2v) is 10.3. The zero-order chi connectivity index (χ0) is 22.0. The predicted octanol–water partition coefficient (Wildman–Crippen LogP) is 2.13. The Bertz CT molecular complexity index is 1000. The van der Waals surface area contributed by atoms with Gasteiger partial charge in [0.2, 0.25) is 10.0 Å². The largest absolute Gasteiger partial charge is 0.480 e. The third-order valence-electron chi connectivity index (χ3n) is 4.60. The van der Waals surface area contributed by atoms with Gasteiger partial charge in [-0.25, -0.2) is 35.1 Å². The van der Waals surface area contributed by atoms with Crippen LogP contribution >= 0.6 is 0 Å². The number of benzene rings is 1. The molecule has 8 nitrogen and oxygen atoms in total. The van der Waals surface area contributed by atoms with Gasteiger partial charge in [-0.3, -0.25) is 4.79 Å². The molecule has 164 valence electrons. The molecule has 2 rings (SSSR count). The van der Waals surface area contributed by atoms with Crippen molar-refractivity contribution in [3.05, 3.63) is 17.5 Å². The van der Waals surface area contributed by atoms with Gasteiger partial charge in [-0.2, -0.15) is 0 Å². The average molecular weight is 458 g/mol. The molecule has 0 saturated heterocycles. The number of carboxylic acids is 1. The molecule has 0 radical (unpaired) electrons. The molecule has 0 atom stereocenters. The standard InChI is InChI=1S/C16H21F3N2O6S2/c17-11-12(18)16(28(24,25)8-10(22)23)14(13(19)15(11)29(20,26)27)21-9-6-4-2-1-3-5-7-9/h9,21H,1-8H2,(H,22,23)(H2,20,26,27). The summed E-state index contributed by atoms with van der Waals surface area (Å²) >= 11 is 0. The fourth-order valence-corrected chi connectivity index (χ4v) is 5.31. The number of sulfone groups is 1. The van der Waals surface area contributed by atoms with Gasteiger partial charge in [-0.1, -0.05) is 32.1 Å². The molecule has 13 heteroatoms. The highest BCUT2D eigenvalue weighted by atomic mass is 32.2. The number of hydrogen-bond acceptors (Lipinski definition) is 6. The number of carboxylic acid groups (broad SMARTS) is 1. The summed E-state index contributed by atoms with van der Waals surface area (Å²) in [5.74, 6) is -9.95. The second kappa shape index (κ2) is 8.88. The van der Waals surface area contributed by atoms with Crippen molar-refractivity contribution in [2.75, 3.05) is 11.1 Å². The van der Waals surface area contributed by atoms with Crippen molar-refractivity contribution in [2.24, 2.45) is 5.14 Å². The van der Waals surface area contributed by atoms with Crippen LogP contribution in [-0.2, 0) is 24.7 Å². The van der Waals surface area contributed by atoms with Gasteiger partial charge < -0.3 is 10.4 Å². The molecule has 1 aromatic carbocycles. The van der Waals surface area contributed by atoms with Crippen molar-refractivity contribution in [3.63, 3.8) is 0 Å². The van der Waals surface area contributed by atoms with Crippen molar-refractivity contribution in [2.45, 2.75) is 60.8 Å². The van der Waals surface area contributed by atoms with Crippen LogP contribution in [0.25, 0.3) is 0 Å². The maximum absolute atomic E-state index is 14.9. The molecule has 4 N–H and O–H groups in total. The fraction of sp³-hybridized carbons (Fsp3) is 0.562. The predicted molar refractivity (Wildman–Crippen MR) is 97.1 cm³/mol. The van der Waals surface area contributed by atoms with Crippen LogP contribution in [-0.4, -0.2) is 39.7 Å². The topological polar surface area (TPSA) is 144 Å². The van der Waals surface area contributed by atoms with Gasteiger partial charge in [-0.05, 0) is 12.8 Å². The Kier molecular flexibility index (Phi) is 7.17. The number of rotatable bonds is 6. The summed E-state index contributed by atoms with van der Waals surface area (Å²) in [4.78, 5) is 7.47. The number of sulfonamides is 1. The van der Waals surface area contributed by atoms with Gasteiger partial charge in [-0.15, -0.1) is 0 Å². The number of anilines is 1. The van der Waals surface area contributed by atoms with Gasteiger partial charge in [0.05, 0.1) is 5.69 Å². The van der Waals surface area contributed by atoms with Crippen LogP contribution in [0, 0.1) is 17.5 Å². The smallest absolute Gasteiger partial charge is 0.319 e. The monoisotopic (exact) mass is 458 g/mol. The zero-order valence-electron chi connectivity index (χ0n) is 15.3. The normalized spacial score (nSPS) is 16.8. The van der Waals surface area contributed by atoms with Gasteiger partial charge in [0.1, 0.15) is 4.90 Å². The lowest BCUT2D eigenvalue weighted by molar-refractivity contribution is -0.134. The number of primary sulfonamides is 1. The van der Waals surface area contributed by atoms with E-state index in [0.29, 0.717) is 25.7 Å². The molecule has 1 saturated carbocycles. The highest BCUT2D eigenvalue weighted by molar-refractivity contribution is 7.92. The lowest BCUT2D eigenvalue weighted by Gasteiger charge is -2.24. The molecule has 1 aliphatic carbocycles. The first-order valence-electron chi connectivity index (χ1n) is 8.80. The Morgan fingerprint density at radius 3 is 1.90 bits per heavy atom. The van der Waals surface area contributed by atoms with E-state index in [-0.39, 0.29) is 0 Å². The minimum absolute atomic E-state index is 0.446. The third-order valence-corrected chi connectivity index (χ3v) is 7.16. The molecule has 0 unspecified atom stereocenters. The first kappa shape index (κ1) is 23.4. The molecule has 1 aliphatic rings. The number of halogens is 3. The van der Waals surface area contributed by atoms with Crippen molar-refractivity contribution >= 4 is 31.5 Å². The van der Waals surface area contributed by atoms with E-state index in [0.717, 1.165) is 19.3 Å². The lowest BCUT2D eigenvalue weighted by atomic mass is 9.96. The minimum atomic E-state index is -5.09. The summed E-state index contributed by atoms with van der Waals surface area (Å²) in [7, 11) is -10.1. The van der Waals surface area contributed by atoms with Gasteiger partial charge in [0.25, 0.3) is 0 Å². The van der Waals surface area contributed by atoms with Crippen LogP contribution in [0.1, 0.15) is 44.9 Å². The molecule has 0 spiro atoms. The van der Waals surface area contributed by atoms with Crippen LogP contribution in [0.2, 0.25) is 0 Å². The molecule has 0 aliphatic heterocycles. The van der Waals surface area contributed by atoms with Crippen LogP contribution in [0.3, 0.4) is 0 Å². The zero-order valence-corrected chi connectivity index (χ0v) is 16.9. The van der Waals surface area contributed by atoms with Gasteiger partial charge >= 0.3 is 5.97 Å². The quantitative estimate of drug-likeness (QED) is 0.554. The first-order chi connectivity index (χ1) is 13.4. The number of carbonyl (C=O) groups is 1. The van der Waals surface area contributed by atoms with Crippen LogP contribution in [0.15, 0.2) is 9.79 Å². The van der Waals surface area contributed by atoms with Crippen molar-refractivity contribution < 1.29 is 39.9 Å². The van der Waals surface area contributed by atoms with E-state index >= 15 is 0 Å². The van der Waals surface area contributed by atoms with E-state index in [1.54, 1.807) is 0 Å². The van der Waals surface area contributed by atoms with Crippen LogP contribution in [0.4, 0.5) is 18.9 Å². The molecule has 29 heavy (non-hydrogen) atoms. The summed E-state index contributed by atoms with van der Waals surface area (Å²) < 4.78 is 91.6. The molecule has 1 fully saturated rings. The van der Waals surface area contributed by atoms with Crippen molar-refractivity contribution in [1.29, 1.82) is 0 Å². The van der Waals surface area contributed by atoms with Crippen molar-refractivity contribution in [3.8, 4) is 0 Å². The van der Waals surface area contributed by atoms with Gasteiger partial charge in [0.15, 0.2) is 37.9 Å². The van der Waals surface area contributed by atoms with Gasteiger partial charge in [0, 0.05) is 6.04 Å². The number of hydrogen-bond donors (Lipinski definition) is 3. The third kappa shape index (κ3) is 5.39. The highest BCUT2D eigenvalue weighted by Crippen LogP contribution is 2.36. The molecular weight excluding hydrogens is 437 g/mol. The number of nitrogens with one attached hydrogen (secondary N) is 1. The molecule has 1 aromatic rings. The summed E-state index contributed by atoms with van der Waals surface area (Å²) in [6.07, 6.45) is 5.00. The van der Waals surface area contributed by atoms with E-state index in [1.807, 2.05) is 0 Å². The Morgan fingerprint density at radius 2 is 1.41 bits per heavy atom. The Labute approximate surface area is 166 Å². The lowest BCUT2D eigenvalue weighted by Crippen LogP contribution is -2.27. The molecular formula is C16H21F3N2O6S2. The van der Waals surface area contributed by atoms with E-state index in [9.17, 15) is 34.8 Å². The molecule has 0 heterocycles. The maximum atomic E-state index is 14.9. The number of aliphatic carboxylic acids is 1. The van der Waals surface area contributed by atoms with E-state index in [1.165, 1.54) is 0 Å². The van der Waals surface area contributed by atoms with Crippen molar-refractivity contribution in [1.82, 2.24) is 0 Å². The van der Waals surface area contributed by atoms with Crippen LogP contribution in [0.5, 0.6) is 0 Å². The summed E-state index contributed by atoms with van der Waals surface area (Å²) in [5.41, 5.74) is -1.13. The first-order valence-corrected chi connectivity index (χ1v) is 12.0. The van der Waals surface area contributed by atoms with E-state index in [2.05, 4.69) is 5.32 Å². The van der Waals surface area contributed by atoms with E-state index in [4.69, 9.17) is 10.2 Å². The Morgan fingerprint density at radius 1 is 0.931 bits per heavy atom. The van der Waals surface area contributed by atoms with Crippen LogP contribution < -0.4 is 10.5 Å². The molecule has 0 amide bonds.